The molecular formula is C12H14N4OS. The summed E-state index contributed by atoms with van der Waals surface area (Å²) in [5.41, 5.74) is 0.881. The maximum atomic E-state index is 11.4. The van der Waals surface area contributed by atoms with Crippen molar-refractivity contribution in [2.75, 3.05) is 12.4 Å². The Morgan fingerprint density at radius 3 is 3.11 bits per heavy atom. The third-order valence-electron chi connectivity index (χ3n) is 2.43. The maximum absolute atomic E-state index is 11.4. The molecule has 0 radical (unpaired) electrons. The van der Waals surface area contributed by atoms with Crippen LogP contribution >= 0.6 is 11.5 Å². The molecule has 0 aliphatic heterocycles. The Balaban J connectivity index is 2.28. The number of nitrogens with zero attached hydrogens (tertiary/aromatic N) is 2. The third kappa shape index (κ3) is 2.65. The minimum Gasteiger partial charge on any atom is -0.344 e. The van der Waals surface area contributed by atoms with Gasteiger partial charge >= 0.3 is 0 Å². The summed E-state index contributed by atoms with van der Waals surface area (Å²) in [7, 11) is 1.68. The van der Waals surface area contributed by atoms with E-state index in [0.29, 0.717) is 0 Å². The van der Waals surface area contributed by atoms with Crippen molar-refractivity contribution in [1.29, 1.82) is 0 Å². The molecule has 0 aliphatic carbocycles. The van der Waals surface area contributed by atoms with Crippen LogP contribution in [0.15, 0.2) is 33.0 Å². The van der Waals surface area contributed by atoms with E-state index in [1.165, 1.54) is 17.9 Å². The number of H-pyrrole nitrogens is 1. The van der Waals surface area contributed by atoms with Crippen molar-refractivity contribution in [3.8, 4) is 0 Å². The normalized spacial score (nSPS) is 12.4. The molecule has 0 atom stereocenters. The van der Waals surface area contributed by atoms with E-state index in [1.54, 1.807) is 7.05 Å². The average molecular weight is 262 g/mol. The van der Waals surface area contributed by atoms with E-state index < -0.39 is 0 Å². The summed E-state index contributed by atoms with van der Waals surface area (Å²) < 4.78 is 3.65. The number of benzene rings is 1. The van der Waals surface area contributed by atoms with Gasteiger partial charge in [-0.15, -0.1) is 0 Å². The molecule has 1 aromatic heterocycles. The van der Waals surface area contributed by atoms with Crippen LogP contribution in [0.4, 0.5) is 5.69 Å². The van der Waals surface area contributed by atoms with Gasteiger partial charge < -0.3 is 5.32 Å². The van der Waals surface area contributed by atoms with E-state index in [0.717, 1.165) is 28.0 Å². The molecule has 0 saturated heterocycles. The van der Waals surface area contributed by atoms with Crippen molar-refractivity contribution in [1.82, 2.24) is 4.37 Å². The largest absolute Gasteiger partial charge is 0.344 e. The Morgan fingerprint density at radius 1 is 1.56 bits per heavy atom. The highest BCUT2D eigenvalue weighted by atomic mass is 32.1. The minimum absolute atomic E-state index is 0.0379. The molecule has 0 saturated carbocycles. The fraction of sp³-hybridized carbons (Fsp3) is 0.250. The molecule has 0 bridgehead atoms. The minimum atomic E-state index is -0.0379. The molecule has 18 heavy (non-hydrogen) atoms. The second kappa shape index (κ2) is 5.59. The van der Waals surface area contributed by atoms with Crippen LogP contribution in [0, 0.1) is 0 Å². The van der Waals surface area contributed by atoms with Crippen LogP contribution in [-0.4, -0.2) is 23.6 Å². The number of aromatic amines is 1. The topological polar surface area (TPSA) is 69.6 Å². The van der Waals surface area contributed by atoms with Crippen LogP contribution in [0.2, 0.25) is 0 Å². The summed E-state index contributed by atoms with van der Waals surface area (Å²) >= 11 is 1.34. The van der Waals surface area contributed by atoms with E-state index in [1.807, 2.05) is 25.1 Å². The number of aliphatic imine (C=N–C) groups is 2. The number of fused-ring (bicyclic) bond motifs is 1. The number of amidine groups is 1. The van der Waals surface area contributed by atoms with Crippen molar-refractivity contribution in [3.63, 3.8) is 0 Å². The number of anilines is 1. The number of nitrogens with one attached hydrogen (secondary N) is 2. The van der Waals surface area contributed by atoms with Crippen LogP contribution in [-0.2, 0) is 0 Å². The van der Waals surface area contributed by atoms with E-state index in [2.05, 4.69) is 19.7 Å². The molecule has 0 aliphatic rings. The van der Waals surface area contributed by atoms with Gasteiger partial charge in [0.1, 0.15) is 12.2 Å². The van der Waals surface area contributed by atoms with E-state index in [9.17, 15) is 4.79 Å². The Labute approximate surface area is 108 Å². The molecule has 6 heteroatoms. The first-order valence-corrected chi connectivity index (χ1v) is 6.41. The first-order chi connectivity index (χ1) is 8.74. The van der Waals surface area contributed by atoms with Gasteiger partial charge in [0.2, 0.25) is 0 Å². The fourth-order valence-corrected chi connectivity index (χ4v) is 2.30. The smallest absolute Gasteiger partial charge is 0.265 e. The fourth-order valence-electron chi connectivity index (χ4n) is 1.53. The van der Waals surface area contributed by atoms with Crippen molar-refractivity contribution in [2.45, 2.75) is 13.3 Å². The molecule has 5 nitrogen and oxygen atoms in total. The second-order valence-corrected chi connectivity index (χ2v) is 4.52. The molecule has 1 aromatic carbocycles. The first kappa shape index (κ1) is 12.5. The number of hydrogen-bond donors (Lipinski definition) is 2. The Morgan fingerprint density at radius 2 is 2.39 bits per heavy atom. The number of rotatable bonds is 3. The standard InChI is InChI=1S/C12H14N4OS/c1-3-11(14-7-13-2)15-8-4-5-9-10(6-8)18-16-12(9)17/h4-7H,3H2,1-2H3,(H,16,17)(H,13,14,15). The van der Waals surface area contributed by atoms with Gasteiger partial charge in [0, 0.05) is 19.2 Å². The zero-order chi connectivity index (χ0) is 13.0. The molecule has 2 N–H and O–H groups in total. The maximum Gasteiger partial charge on any atom is 0.265 e. The Bertz CT molecular complexity index is 653. The van der Waals surface area contributed by atoms with Gasteiger partial charge in [-0.1, -0.05) is 18.5 Å². The first-order valence-electron chi connectivity index (χ1n) is 5.60. The van der Waals surface area contributed by atoms with Gasteiger partial charge in [-0.2, -0.15) is 0 Å². The molecule has 2 aromatic rings. The second-order valence-electron chi connectivity index (χ2n) is 3.67. The monoisotopic (exact) mass is 262 g/mol. The van der Waals surface area contributed by atoms with Gasteiger partial charge in [0.05, 0.1) is 10.1 Å². The van der Waals surface area contributed by atoms with Crippen LogP contribution in [0.3, 0.4) is 0 Å². The van der Waals surface area contributed by atoms with Gasteiger partial charge in [-0.25, -0.2) is 4.99 Å². The highest BCUT2D eigenvalue weighted by Gasteiger charge is 2.03. The molecular weight excluding hydrogens is 248 g/mol. The predicted octanol–water partition coefficient (Wildman–Crippen LogP) is 2.47. The number of aromatic nitrogens is 1. The Hall–Kier alpha value is -1.95. The van der Waals surface area contributed by atoms with Crippen molar-refractivity contribution in [3.05, 3.63) is 28.6 Å². The lowest BCUT2D eigenvalue weighted by Crippen LogP contribution is -2.10. The summed E-state index contributed by atoms with van der Waals surface area (Å²) in [4.78, 5) is 19.4. The van der Waals surface area contributed by atoms with Crippen molar-refractivity contribution < 1.29 is 0 Å². The van der Waals surface area contributed by atoms with Gasteiger partial charge in [0.25, 0.3) is 5.56 Å². The summed E-state index contributed by atoms with van der Waals surface area (Å²) in [5, 5.41) is 3.93. The highest BCUT2D eigenvalue weighted by molar-refractivity contribution is 7.13. The van der Waals surface area contributed by atoms with Crippen LogP contribution in [0.1, 0.15) is 13.3 Å². The molecule has 94 valence electrons. The van der Waals surface area contributed by atoms with Gasteiger partial charge in [-0.05, 0) is 18.2 Å². The lowest BCUT2D eigenvalue weighted by atomic mass is 10.2. The van der Waals surface area contributed by atoms with Crippen molar-refractivity contribution >= 4 is 39.5 Å². The van der Waals surface area contributed by atoms with E-state index in [4.69, 9.17) is 0 Å². The van der Waals surface area contributed by atoms with Crippen LogP contribution in [0.25, 0.3) is 10.1 Å². The lowest BCUT2D eigenvalue weighted by Gasteiger charge is -2.06. The molecule has 0 unspecified atom stereocenters. The molecule has 0 amide bonds. The lowest BCUT2D eigenvalue weighted by molar-refractivity contribution is 1.26. The summed E-state index contributed by atoms with van der Waals surface area (Å²) in [6.45, 7) is 2.02. The van der Waals surface area contributed by atoms with Crippen molar-refractivity contribution in [2.24, 2.45) is 9.98 Å². The molecule has 0 spiro atoms. The van der Waals surface area contributed by atoms with E-state index >= 15 is 0 Å². The summed E-state index contributed by atoms with van der Waals surface area (Å²) in [6.07, 6.45) is 2.30. The van der Waals surface area contributed by atoms with Gasteiger partial charge in [-0.3, -0.25) is 14.2 Å². The summed E-state index contributed by atoms with van der Waals surface area (Å²) in [6, 6.07) is 5.62. The summed E-state index contributed by atoms with van der Waals surface area (Å²) in [5.74, 6) is 0.836. The predicted molar refractivity (Wildman–Crippen MR) is 78.2 cm³/mol. The van der Waals surface area contributed by atoms with Crippen LogP contribution in [0.5, 0.6) is 0 Å². The number of hydrogen-bond acceptors (Lipinski definition) is 3. The molecule has 0 fully saturated rings. The zero-order valence-electron chi connectivity index (χ0n) is 10.2. The van der Waals surface area contributed by atoms with Crippen LogP contribution < -0.4 is 10.9 Å². The Kier molecular flexibility index (Phi) is 3.88. The van der Waals surface area contributed by atoms with Gasteiger partial charge in [0.15, 0.2) is 0 Å². The average Bonchev–Trinajstić information content (AvgIpc) is 2.76. The molecule has 2 rings (SSSR count). The molecule has 1 heterocycles. The SMILES string of the molecule is CCC(=NC=NC)Nc1ccc2c(=O)[nH]sc2c1. The highest BCUT2D eigenvalue weighted by Crippen LogP contribution is 2.19. The quantitative estimate of drug-likeness (QED) is 0.659. The third-order valence-corrected chi connectivity index (χ3v) is 3.28. The van der Waals surface area contributed by atoms with E-state index in [-0.39, 0.29) is 5.56 Å². The zero-order valence-corrected chi connectivity index (χ0v) is 11.0.